The van der Waals surface area contributed by atoms with Crippen LogP contribution in [0.3, 0.4) is 0 Å². The molecule has 0 saturated carbocycles. The smallest absolute Gasteiger partial charge is 0.254 e. The molecular formula is C43H28ClN3O4. The Kier molecular flexibility index (Phi) is 5.70. The number of benzene rings is 5. The number of rotatable bonds is 3. The minimum absolute atomic E-state index is 0.267. The molecule has 0 spiro atoms. The SMILES string of the molecule is O=C1[C@@H]2C3c4ccccc4C(c4ccccc43)[C@@H]2C(=O)N1/N=C\C12c3ccccc3C(c3ccccc31)[C@H]1C(=O)N(c3ccccc3Cl)C(=O)[C@@H]12. The highest BCUT2D eigenvalue weighted by atomic mass is 35.5. The summed E-state index contributed by atoms with van der Waals surface area (Å²) < 4.78 is 0. The third-order valence-corrected chi connectivity index (χ3v) is 12.9. The standard InChI is InChI=1S/C43H28ClN3O4/c44-30-19-9-10-20-31(30)46-39(48)37-34-26-15-5-7-17-28(26)43(38(37)42(46)51,29-18-8-6-16-27(29)34)21-45-47-40(49)35-32-22-11-1-2-12-23(22)33(36(35)41(47)50)25-14-4-3-13-24(25)32/h1-21,32-38H/b45-21-/t32?,33?,34?,35-,36+,37-,38-,43?/m1/s1. The average Bonchev–Trinajstić information content (AvgIpc) is 3.59. The van der Waals surface area contributed by atoms with E-state index in [0.29, 0.717) is 10.7 Å². The van der Waals surface area contributed by atoms with Gasteiger partial charge in [0.15, 0.2) is 0 Å². The number of nitrogens with zero attached hydrogens (tertiary/aromatic N) is 3. The van der Waals surface area contributed by atoms with Crippen LogP contribution in [0.15, 0.2) is 126 Å². The molecular weight excluding hydrogens is 658 g/mol. The van der Waals surface area contributed by atoms with E-state index in [4.69, 9.17) is 16.7 Å². The number of carbonyl (C=O) groups excluding carboxylic acids is 4. The summed E-state index contributed by atoms with van der Waals surface area (Å²) >= 11 is 6.61. The molecule has 2 aliphatic heterocycles. The van der Waals surface area contributed by atoms with Gasteiger partial charge in [-0.05, 0) is 56.6 Å². The van der Waals surface area contributed by atoms with Crippen molar-refractivity contribution < 1.29 is 19.2 Å². The summed E-state index contributed by atoms with van der Waals surface area (Å²) in [7, 11) is 0. The van der Waals surface area contributed by atoms with Crippen LogP contribution in [0, 0.1) is 23.7 Å². The van der Waals surface area contributed by atoms with Gasteiger partial charge in [-0.15, -0.1) is 0 Å². The van der Waals surface area contributed by atoms with Crippen molar-refractivity contribution in [1.29, 1.82) is 0 Å². The zero-order chi connectivity index (χ0) is 34.3. The Morgan fingerprint density at radius 3 is 1.45 bits per heavy atom. The van der Waals surface area contributed by atoms with Crippen molar-refractivity contribution in [3.8, 4) is 0 Å². The molecule has 0 radical (unpaired) electrons. The van der Waals surface area contributed by atoms with Crippen LogP contribution < -0.4 is 4.90 Å². The van der Waals surface area contributed by atoms with E-state index >= 15 is 0 Å². The number of amides is 4. The molecule has 2 heterocycles. The molecule has 4 bridgehead atoms. The van der Waals surface area contributed by atoms with E-state index in [0.717, 1.165) is 49.5 Å². The maximum Gasteiger partial charge on any atom is 0.254 e. The molecule has 0 aromatic heterocycles. The number of halogens is 1. The van der Waals surface area contributed by atoms with Gasteiger partial charge in [-0.2, -0.15) is 10.1 Å². The Morgan fingerprint density at radius 2 is 0.941 bits per heavy atom. The summed E-state index contributed by atoms with van der Waals surface area (Å²) in [5.41, 5.74) is 6.98. The molecule has 6 aliphatic carbocycles. The van der Waals surface area contributed by atoms with Crippen molar-refractivity contribution in [1.82, 2.24) is 5.01 Å². The number of imide groups is 2. The largest absolute Gasteiger partial charge is 0.274 e. The molecule has 246 valence electrons. The van der Waals surface area contributed by atoms with E-state index in [2.05, 4.69) is 24.3 Å². The highest BCUT2D eigenvalue weighted by molar-refractivity contribution is 6.36. The maximum atomic E-state index is 14.8. The van der Waals surface area contributed by atoms with Crippen molar-refractivity contribution in [2.45, 2.75) is 23.2 Å². The monoisotopic (exact) mass is 685 g/mol. The van der Waals surface area contributed by atoms with Crippen molar-refractivity contribution in [3.63, 3.8) is 0 Å². The zero-order valence-electron chi connectivity index (χ0n) is 27.0. The quantitative estimate of drug-likeness (QED) is 0.155. The van der Waals surface area contributed by atoms with E-state index in [9.17, 15) is 19.2 Å². The van der Waals surface area contributed by atoms with Crippen LogP contribution in [0.2, 0.25) is 5.02 Å². The first-order valence-corrected chi connectivity index (χ1v) is 17.7. The van der Waals surface area contributed by atoms with E-state index in [1.54, 1.807) is 30.5 Å². The fourth-order valence-electron chi connectivity index (χ4n) is 10.8. The molecule has 51 heavy (non-hydrogen) atoms. The molecule has 8 heteroatoms. The molecule has 5 aromatic rings. The number of anilines is 1. The summed E-state index contributed by atoms with van der Waals surface area (Å²) in [6.07, 6.45) is 1.63. The summed E-state index contributed by atoms with van der Waals surface area (Å²) in [4.78, 5) is 59.8. The molecule has 5 aromatic carbocycles. The minimum Gasteiger partial charge on any atom is -0.274 e. The number of para-hydroxylation sites is 1. The molecule has 13 rings (SSSR count). The van der Waals surface area contributed by atoms with Crippen molar-refractivity contribution in [2.75, 3.05) is 4.90 Å². The minimum atomic E-state index is -1.24. The van der Waals surface area contributed by atoms with Gasteiger partial charge in [-0.25, -0.2) is 4.90 Å². The van der Waals surface area contributed by atoms with Crippen LogP contribution >= 0.6 is 11.6 Å². The Bertz CT molecular complexity index is 2310. The van der Waals surface area contributed by atoms with E-state index in [-0.39, 0.29) is 41.4 Å². The number of hydrogen-bond donors (Lipinski definition) is 0. The summed E-state index contributed by atoms with van der Waals surface area (Å²) in [5.74, 6) is -5.09. The average molecular weight is 686 g/mol. The number of hydrazone groups is 1. The van der Waals surface area contributed by atoms with Gasteiger partial charge in [0, 0.05) is 24.0 Å². The van der Waals surface area contributed by atoms with Gasteiger partial charge in [0.1, 0.15) is 0 Å². The highest BCUT2D eigenvalue weighted by Gasteiger charge is 2.69. The Morgan fingerprint density at radius 1 is 0.510 bits per heavy atom. The van der Waals surface area contributed by atoms with Gasteiger partial charge in [-0.3, -0.25) is 19.2 Å². The van der Waals surface area contributed by atoms with Crippen LogP contribution in [0.4, 0.5) is 5.69 Å². The first-order chi connectivity index (χ1) is 24.9. The predicted octanol–water partition coefficient (Wildman–Crippen LogP) is 6.77. The fraction of sp³-hybridized carbons (Fsp3) is 0.186. The van der Waals surface area contributed by atoms with Crippen molar-refractivity contribution >= 4 is 47.1 Å². The third-order valence-electron chi connectivity index (χ3n) is 12.6. The molecule has 2 saturated heterocycles. The maximum absolute atomic E-state index is 14.8. The molecule has 0 N–H and O–H groups in total. The highest BCUT2D eigenvalue weighted by Crippen LogP contribution is 2.65. The summed E-state index contributed by atoms with van der Waals surface area (Å²) in [6.45, 7) is 0. The second-order valence-electron chi connectivity index (χ2n) is 14.5. The van der Waals surface area contributed by atoms with Gasteiger partial charge in [-0.1, -0.05) is 121 Å². The lowest BCUT2D eigenvalue weighted by atomic mass is 9.47. The fourth-order valence-corrected chi connectivity index (χ4v) is 11.1. The third kappa shape index (κ3) is 3.38. The molecule has 4 atom stereocenters. The number of hydrogen-bond acceptors (Lipinski definition) is 5. The second-order valence-corrected chi connectivity index (χ2v) is 14.9. The van der Waals surface area contributed by atoms with Gasteiger partial charge >= 0.3 is 0 Å². The van der Waals surface area contributed by atoms with Gasteiger partial charge < -0.3 is 0 Å². The topological polar surface area (TPSA) is 87.1 Å². The van der Waals surface area contributed by atoms with E-state index < -0.39 is 29.1 Å². The first kappa shape index (κ1) is 29.1. The van der Waals surface area contributed by atoms with Crippen LogP contribution in [0.1, 0.15) is 62.3 Å². The van der Waals surface area contributed by atoms with Crippen molar-refractivity contribution in [3.05, 3.63) is 171 Å². The predicted molar refractivity (Wildman–Crippen MR) is 190 cm³/mol. The Balaban J connectivity index is 1.09. The molecule has 4 amide bonds. The molecule has 7 nitrogen and oxygen atoms in total. The van der Waals surface area contributed by atoms with Gasteiger partial charge in [0.2, 0.25) is 11.8 Å². The van der Waals surface area contributed by atoms with Crippen LogP contribution in [0.25, 0.3) is 0 Å². The second kappa shape index (κ2) is 9.98. The lowest BCUT2D eigenvalue weighted by Crippen LogP contribution is -2.55. The van der Waals surface area contributed by atoms with Crippen LogP contribution in [0.5, 0.6) is 0 Å². The lowest BCUT2D eigenvalue weighted by Gasteiger charge is -2.52. The van der Waals surface area contributed by atoms with Gasteiger partial charge in [0.25, 0.3) is 11.8 Å². The molecule has 2 fully saturated rings. The van der Waals surface area contributed by atoms with E-state index in [1.807, 2.05) is 72.8 Å². The lowest BCUT2D eigenvalue weighted by molar-refractivity contribution is -0.140. The number of carbonyl (C=O) groups is 4. The first-order valence-electron chi connectivity index (χ1n) is 17.3. The normalized spacial score (nSPS) is 30.3. The molecule has 8 aliphatic rings. The van der Waals surface area contributed by atoms with Crippen molar-refractivity contribution in [2.24, 2.45) is 28.8 Å². The van der Waals surface area contributed by atoms with Crippen LogP contribution in [-0.2, 0) is 24.6 Å². The molecule has 0 unspecified atom stereocenters. The van der Waals surface area contributed by atoms with Gasteiger partial charge in [0.05, 0.1) is 39.8 Å². The van der Waals surface area contributed by atoms with Crippen LogP contribution in [-0.4, -0.2) is 34.9 Å². The van der Waals surface area contributed by atoms with E-state index in [1.165, 1.54) is 4.90 Å². The zero-order valence-corrected chi connectivity index (χ0v) is 27.8. The summed E-state index contributed by atoms with van der Waals surface area (Å²) in [5, 5.41) is 6.22. The Hall–Kier alpha value is -5.66. The Labute approximate surface area is 298 Å². The summed E-state index contributed by atoms with van der Waals surface area (Å²) in [6, 6.07) is 38.8.